The van der Waals surface area contributed by atoms with E-state index in [4.69, 9.17) is 0 Å². The van der Waals surface area contributed by atoms with Crippen LogP contribution in [-0.2, 0) is 17.8 Å². The summed E-state index contributed by atoms with van der Waals surface area (Å²) in [5.74, 6) is 0.449. The van der Waals surface area contributed by atoms with Crippen molar-refractivity contribution in [2.45, 2.75) is 32.7 Å². The molecule has 158 valence electrons. The molecule has 7 heteroatoms. The maximum atomic E-state index is 12.5. The van der Waals surface area contributed by atoms with Gasteiger partial charge in [0.2, 0.25) is 5.91 Å². The van der Waals surface area contributed by atoms with Crippen LogP contribution in [0.15, 0.2) is 65.8 Å². The number of hydrogen-bond acceptors (Lipinski definition) is 4. The van der Waals surface area contributed by atoms with E-state index in [1.807, 2.05) is 12.1 Å². The Labute approximate surface area is 180 Å². The van der Waals surface area contributed by atoms with Crippen molar-refractivity contribution in [1.29, 1.82) is 0 Å². The molecule has 0 radical (unpaired) electrons. The fourth-order valence-electron chi connectivity index (χ4n) is 3.69. The van der Waals surface area contributed by atoms with Crippen LogP contribution in [0.5, 0.6) is 0 Å². The normalized spacial score (nSPS) is 11.0. The number of aryl methyl sites for hydroxylation is 2. The highest BCUT2D eigenvalue weighted by atomic mass is 16.1. The van der Waals surface area contributed by atoms with E-state index in [0.29, 0.717) is 30.0 Å². The smallest absolute Gasteiger partial charge is 0.254 e. The molecule has 0 saturated carbocycles. The van der Waals surface area contributed by atoms with E-state index in [-0.39, 0.29) is 17.9 Å². The molecule has 7 nitrogen and oxygen atoms in total. The summed E-state index contributed by atoms with van der Waals surface area (Å²) in [4.78, 5) is 36.0. The van der Waals surface area contributed by atoms with E-state index in [1.165, 1.54) is 10.9 Å². The third-order valence-electron chi connectivity index (χ3n) is 5.36. The van der Waals surface area contributed by atoms with Crippen LogP contribution in [0.4, 0.5) is 0 Å². The molecule has 0 unspecified atom stereocenters. The van der Waals surface area contributed by atoms with Crippen LogP contribution in [0.25, 0.3) is 22.3 Å². The molecule has 4 rings (SSSR count). The fraction of sp³-hybridized carbons (Fsp3) is 0.250. The minimum absolute atomic E-state index is 0.0608. The van der Waals surface area contributed by atoms with Gasteiger partial charge in [-0.05, 0) is 49.4 Å². The van der Waals surface area contributed by atoms with E-state index in [0.717, 1.165) is 18.5 Å². The molecule has 0 aliphatic carbocycles. The van der Waals surface area contributed by atoms with E-state index in [2.05, 4.69) is 49.2 Å². The number of aromatic amines is 1. The lowest BCUT2D eigenvalue weighted by molar-refractivity contribution is -0.121. The molecule has 31 heavy (non-hydrogen) atoms. The molecule has 3 aromatic heterocycles. The van der Waals surface area contributed by atoms with Gasteiger partial charge in [-0.1, -0.05) is 18.2 Å². The summed E-state index contributed by atoms with van der Waals surface area (Å²) in [5.41, 5.74) is 2.99. The zero-order valence-corrected chi connectivity index (χ0v) is 17.5. The Balaban J connectivity index is 1.27. The summed E-state index contributed by atoms with van der Waals surface area (Å²) in [6.07, 6.45) is 6.84. The standard InChI is InChI=1S/C24H25N5O2/c1-17-20(24(31)28-23(27-17)19-9-13-25-14-10-19)7-8-22(30)26-12-4-15-29-16-11-18-5-2-3-6-21(18)29/h2-3,5-6,9-11,13-14,16H,4,7-8,12,15H2,1H3,(H,26,30)(H,27,28,31). The SMILES string of the molecule is Cc1nc(-c2ccncc2)[nH]c(=O)c1CCC(=O)NCCCn1ccc2ccccc21. The lowest BCUT2D eigenvalue weighted by Crippen LogP contribution is -2.27. The second-order valence-electron chi connectivity index (χ2n) is 7.49. The second kappa shape index (κ2) is 9.38. The average Bonchev–Trinajstić information content (AvgIpc) is 3.20. The lowest BCUT2D eigenvalue weighted by Gasteiger charge is -2.09. The molecule has 1 aromatic carbocycles. The summed E-state index contributed by atoms with van der Waals surface area (Å²) in [6.45, 7) is 3.24. The summed E-state index contributed by atoms with van der Waals surface area (Å²) in [6, 6.07) is 13.9. The number of hydrogen-bond donors (Lipinski definition) is 2. The Morgan fingerprint density at radius 1 is 1.13 bits per heavy atom. The number of para-hydroxylation sites is 1. The van der Waals surface area contributed by atoms with Crippen molar-refractivity contribution in [3.05, 3.63) is 82.7 Å². The number of benzene rings is 1. The van der Waals surface area contributed by atoms with Crippen molar-refractivity contribution in [1.82, 2.24) is 24.8 Å². The average molecular weight is 415 g/mol. The monoisotopic (exact) mass is 415 g/mol. The zero-order chi connectivity index (χ0) is 21.6. The molecule has 2 N–H and O–H groups in total. The first-order valence-electron chi connectivity index (χ1n) is 10.4. The van der Waals surface area contributed by atoms with Crippen molar-refractivity contribution in [2.75, 3.05) is 6.54 Å². The van der Waals surface area contributed by atoms with E-state index >= 15 is 0 Å². The number of carbonyl (C=O) groups excluding carboxylic acids is 1. The van der Waals surface area contributed by atoms with Crippen LogP contribution < -0.4 is 10.9 Å². The quantitative estimate of drug-likeness (QED) is 0.432. The van der Waals surface area contributed by atoms with Crippen molar-refractivity contribution >= 4 is 16.8 Å². The summed E-state index contributed by atoms with van der Waals surface area (Å²) in [7, 11) is 0. The lowest BCUT2D eigenvalue weighted by atomic mass is 10.1. The molecule has 0 aliphatic heterocycles. The second-order valence-corrected chi connectivity index (χ2v) is 7.49. The number of nitrogens with zero attached hydrogens (tertiary/aromatic N) is 3. The minimum Gasteiger partial charge on any atom is -0.356 e. The molecule has 0 spiro atoms. The van der Waals surface area contributed by atoms with E-state index in [1.54, 1.807) is 31.5 Å². The highest BCUT2D eigenvalue weighted by Gasteiger charge is 2.11. The maximum absolute atomic E-state index is 12.5. The van der Waals surface area contributed by atoms with Gasteiger partial charge in [0.1, 0.15) is 5.82 Å². The van der Waals surface area contributed by atoms with Crippen LogP contribution >= 0.6 is 0 Å². The highest BCUT2D eigenvalue weighted by Crippen LogP contribution is 2.15. The number of amides is 1. The molecule has 3 heterocycles. The predicted molar refractivity (Wildman–Crippen MR) is 121 cm³/mol. The molecular weight excluding hydrogens is 390 g/mol. The topological polar surface area (TPSA) is 92.7 Å². The van der Waals surface area contributed by atoms with Gasteiger partial charge in [-0.3, -0.25) is 14.6 Å². The van der Waals surface area contributed by atoms with Gasteiger partial charge < -0.3 is 14.9 Å². The van der Waals surface area contributed by atoms with Crippen LogP contribution in [0.3, 0.4) is 0 Å². The number of aromatic nitrogens is 4. The third kappa shape index (κ3) is 4.88. The Bertz CT molecular complexity index is 1240. The molecule has 1 amide bonds. The molecule has 0 atom stereocenters. The van der Waals surface area contributed by atoms with Gasteiger partial charge in [-0.15, -0.1) is 0 Å². The largest absolute Gasteiger partial charge is 0.356 e. The van der Waals surface area contributed by atoms with Crippen LogP contribution in [0, 0.1) is 6.92 Å². The summed E-state index contributed by atoms with van der Waals surface area (Å²) in [5, 5.41) is 4.17. The first-order chi connectivity index (χ1) is 15.1. The van der Waals surface area contributed by atoms with Crippen molar-refractivity contribution in [3.63, 3.8) is 0 Å². The van der Waals surface area contributed by atoms with Crippen LogP contribution in [0.1, 0.15) is 24.1 Å². The fourth-order valence-corrected chi connectivity index (χ4v) is 3.69. The van der Waals surface area contributed by atoms with E-state index < -0.39 is 0 Å². The van der Waals surface area contributed by atoms with Crippen LogP contribution in [-0.4, -0.2) is 32.0 Å². The Morgan fingerprint density at radius 3 is 2.74 bits per heavy atom. The van der Waals surface area contributed by atoms with Crippen LogP contribution in [0.2, 0.25) is 0 Å². The van der Waals surface area contributed by atoms with Gasteiger partial charge in [0.15, 0.2) is 0 Å². The van der Waals surface area contributed by atoms with Gasteiger partial charge in [0, 0.05) is 60.4 Å². The first kappa shape index (κ1) is 20.5. The Hall–Kier alpha value is -3.74. The third-order valence-corrected chi connectivity index (χ3v) is 5.36. The Morgan fingerprint density at radius 2 is 1.94 bits per heavy atom. The first-order valence-corrected chi connectivity index (χ1v) is 10.4. The Kier molecular flexibility index (Phi) is 6.21. The predicted octanol–water partition coefficient (Wildman–Crippen LogP) is 3.23. The number of H-pyrrole nitrogens is 1. The van der Waals surface area contributed by atoms with Gasteiger partial charge in [0.25, 0.3) is 5.56 Å². The summed E-state index contributed by atoms with van der Waals surface area (Å²) >= 11 is 0. The zero-order valence-electron chi connectivity index (χ0n) is 17.5. The van der Waals surface area contributed by atoms with Gasteiger partial charge >= 0.3 is 0 Å². The van der Waals surface area contributed by atoms with Gasteiger partial charge in [0.05, 0.1) is 0 Å². The van der Waals surface area contributed by atoms with Crippen molar-refractivity contribution in [2.24, 2.45) is 0 Å². The maximum Gasteiger partial charge on any atom is 0.254 e. The molecular formula is C24H25N5O2. The number of fused-ring (bicyclic) bond motifs is 1. The number of carbonyl (C=O) groups is 1. The molecule has 0 aliphatic rings. The van der Waals surface area contributed by atoms with Gasteiger partial charge in [-0.2, -0.15) is 0 Å². The molecule has 0 fully saturated rings. The molecule has 0 bridgehead atoms. The van der Waals surface area contributed by atoms with E-state index in [9.17, 15) is 9.59 Å². The molecule has 0 saturated heterocycles. The highest BCUT2D eigenvalue weighted by molar-refractivity contribution is 5.80. The summed E-state index contributed by atoms with van der Waals surface area (Å²) < 4.78 is 2.19. The molecule has 4 aromatic rings. The number of pyridine rings is 1. The van der Waals surface area contributed by atoms with Gasteiger partial charge in [-0.25, -0.2) is 4.98 Å². The minimum atomic E-state index is -0.202. The van der Waals surface area contributed by atoms with Crippen molar-refractivity contribution in [3.8, 4) is 11.4 Å². The number of rotatable bonds is 8. The van der Waals surface area contributed by atoms with Crippen molar-refractivity contribution < 1.29 is 4.79 Å². The number of nitrogens with one attached hydrogen (secondary N) is 2.